The summed E-state index contributed by atoms with van der Waals surface area (Å²) in [5, 5.41) is 2.16. The maximum absolute atomic E-state index is 6.37. The smallest absolute Gasteiger partial charge is 0.299 e. The molecule has 2 bridgehead atoms. The van der Waals surface area contributed by atoms with E-state index < -0.39 is 7.72 Å². The van der Waals surface area contributed by atoms with Crippen LogP contribution in [0.25, 0.3) is 0 Å². The largest absolute Gasteiger partial charge is 0.428 e. The van der Waals surface area contributed by atoms with Gasteiger partial charge in [-0.1, -0.05) is 36.4 Å². The van der Waals surface area contributed by atoms with Crippen LogP contribution in [-0.4, -0.2) is 0 Å². The van der Waals surface area contributed by atoms with Crippen molar-refractivity contribution in [2.45, 2.75) is 0 Å². The van der Waals surface area contributed by atoms with Gasteiger partial charge < -0.3 is 0 Å². The van der Waals surface area contributed by atoms with Gasteiger partial charge in [0, 0.05) is 0 Å². The molecule has 3 aromatic carbocycles. The highest BCUT2D eigenvalue weighted by atomic mass is 31.2. The summed E-state index contributed by atoms with van der Waals surface area (Å²) in [5.74, 6) is 1.69. The number of hydrogen-bond acceptors (Lipinski definition) is 2. The lowest BCUT2D eigenvalue weighted by Crippen LogP contribution is -2.29. The average molecular weight is 293 g/mol. The van der Waals surface area contributed by atoms with Crippen molar-refractivity contribution in [2.24, 2.45) is 0 Å². The van der Waals surface area contributed by atoms with E-state index in [1.165, 1.54) is 0 Å². The molecule has 3 aromatic rings. The Hall–Kier alpha value is -2.31. The standard InChI is InChI=1S/C18H14O2P/c1-3-7-17(8-4-1)21(18-9-5-2-6-10-18)19-15-11-12-16(20-21)14-13-15/h1-14H/q+1. The van der Waals surface area contributed by atoms with Crippen molar-refractivity contribution >= 4 is 18.3 Å². The Morgan fingerprint density at radius 3 is 1.24 bits per heavy atom. The minimum Gasteiger partial charge on any atom is -0.299 e. The van der Waals surface area contributed by atoms with Crippen LogP contribution in [0.15, 0.2) is 84.9 Å². The number of hydrogen-bond donors (Lipinski definition) is 0. The van der Waals surface area contributed by atoms with E-state index in [-0.39, 0.29) is 0 Å². The highest BCUT2D eigenvalue weighted by molar-refractivity contribution is 7.81. The molecule has 0 aromatic heterocycles. The van der Waals surface area contributed by atoms with E-state index in [0.717, 1.165) is 22.1 Å². The third-order valence-electron chi connectivity index (χ3n) is 3.48. The predicted molar refractivity (Wildman–Crippen MR) is 86.8 cm³/mol. The molecule has 0 amide bonds. The molecule has 102 valence electrons. The van der Waals surface area contributed by atoms with Crippen molar-refractivity contribution < 1.29 is 9.05 Å². The quantitative estimate of drug-likeness (QED) is 0.666. The van der Waals surface area contributed by atoms with Crippen molar-refractivity contribution in [1.82, 2.24) is 0 Å². The monoisotopic (exact) mass is 293 g/mol. The van der Waals surface area contributed by atoms with Crippen LogP contribution in [0.1, 0.15) is 0 Å². The number of rotatable bonds is 2. The summed E-state index contributed by atoms with van der Waals surface area (Å²) in [6.45, 7) is 0. The molecule has 3 heteroatoms. The lowest BCUT2D eigenvalue weighted by Gasteiger charge is -2.21. The summed E-state index contributed by atoms with van der Waals surface area (Å²) in [6.07, 6.45) is 0. The van der Waals surface area contributed by atoms with Crippen molar-refractivity contribution in [2.75, 3.05) is 0 Å². The van der Waals surface area contributed by atoms with Crippen LogP contribution in [-0.2, 0) is 0 Å². The van der Waals surface area contributed by atoms with Crippen molar-refractivity contribution in [3.05, 3.63) is 84.9 Å². The van der Waals surface area contributed by atoms with Gasteiger partial charge in [0.2, 0.25) is 0 Å². The lowest BCUT2D eigenvalue weighted by molar-refractivity contribution is 0.501. The van der Waals surface area contributed by atoms with Crippen LogP contribution in [0.2, 0.25) is 0 Å². The van der Waals surface area contributed by atoms with Gasteiger partial charge in [0.15, 0.2) is 22.1 Å². The van der Waals surface area contributed by atoms with Gasteiger partial charge in [-0.05, 0) is 48.5 Å². The first-order valence-corrected chi connectivity index (χ1v) is 8.49. The minimum atomic E-state index is -2.39. The molecule has 0 saturated heterocycles. The second-order valence-electron chi connectivity index (χ2n) is 4.88. The molecular weight excluding hydrogens is 279 g/mol. The normalized spacial score (nSPS) is 14.9. The fraction of sp³-hybridized carbons (Fsp3) is 0. The third kappa shape index (κ3) is 2.09. The zero-order chi connectivity index (χ0) is 14.1. The van der Waals surface area contributed by atoms with Gasteiger partial charge in [-0.3, -0.25) is 9.05 Å². The van der Waals surface area contributed by atoms with E-state index in [9.17, 15) is 0 Å². The van der Waals surface area contributed by atoms with Gasteiger partial charge in [0.05, 0.1) is 0 Å². The molecular formula is C18H14O2P+. The highest BCUT2D eigenvalue weighted by Gasteiger charge is 2.52. The Morgan fingerprint density at radius 1 is 0.476 bits per heavy atom. The fourth-order valence-electron chi connectivity index (χ4n) is 2.49. The fourth-order valence-corrected chi connectivity index (χ4v) is 5.21. The molecule has 0 atom stereocenters. The molecule has 2 aliphatic heterocycles. The lowest BCUT2D eigenvalue weighted by atomic mass is 10.3. The molecule has 5 rings (SSSR count). The molecule has 0 spiro atoms. The van der Waals surface area contributed by atoms with Gasteiger partial charge in [0.25, 0.3) is 0 Å². The maximum Gasteiger partial charge on any atom is 0.428 e. The number of benzene rings is 3. The molecule has 0 saturated carbocycles. The minimum absolute atomic E-state index is 0.845. The summed E-state index contributed by atoms with van der Waals surface area (Å²) < 4.78 is 12.7. The Balaban J connectivity index is 1.95. The molecule has 0 aliphatic carbocycles. The van der Waals surface area contributed by atoms with Crippen LogP contribution in [0.3, 0.4) is 0 Å². The Bertz CT molecular complexity index is 673. The van der Waals surface area contributed by atoms with E-state index in [4.69, 9.17) is 9.05 Å². The first kappa shape index (κ1) is 12.4. The van der Waals surface area contributed by atoms with Crippen molar-refractivity contribution in [1.29, 1.82) is 0 Å². The van der Waals surface area contributed by atoms with Crippen LogP contribution in [0.4, 0.5) is 0 Å². The van der Waals surface area contributed by atoms with Gasteiger partial charge in [-0.15, -0.1) is 0 Å². The van der Waals surface area contributed by atoms with Gasteiger partial charge in [0.1, 0.15) is 0 Å². The second kappa shape index (κ2) is 4.91. The molecule has 0 radical (unpaired) electrons. The van der Waals surface area contributed by atoms with E-state index in [0.29, 0.717) is 0 Å². The summed E-state index contributed by atoms with van der Waals surface area (Å²) in [5.41, 5.74) is 0. The molecule has 0 unspecified atom stereocenters. The Kier molecular flexibility index (Phi) is 2.90. The zero-order valence-electron chi connectivity index (χ0n) is 11.3. The van der Waals surface area contributed by atoms with E-state index in [2.05, 4.69) is 24.3 Å². The SMILES string of the molecule is c1ccc([P+]2(c3ccccc3)Oc3ccc(cc3)O2)cc1. The molecule has 21 heavy (non-hydrogen) atoms. The first-order chi connectivity index (χ1) is 10.4. The molecule has 2 nitrogen and oxygen atoms in total. The average Bonchev–Trinajstić information content (AvgIpc) is 2.88. The van der Waals surface area contributed by atoms with E-state index >= 15 is 0 Å². The van der Waals surface area contributed by atoms with Gasteiger partial charge in [-0.25, -0.2) is 0 Å². The maximum atomic E-state index is 6.37. The highest BCUT2D eigenvalue weighted by Crippen LogP contribution is 2.59. The van der Waals surface area contributed by atoms with Gasteiger partial charge in [-0.2, -0.15) is 0 Å². The molecule has 2 aliphatic rings. The topological polar surface area (TPSA) is 18.5 Å². The van der Waals surface area contributed by atoms with Crippen LogP contribution >= 0.6 is 7.72 Å². The summed E-state index contributed by atoms with van der Waals surface area (Å²) in [4.78, 5) is 0. The molecule has 0 fully saturated rings. The van der Waals surface area contributed by atoms with Gasteiger partial charge >= 0.3 is 7.72 Å². The Morgan fingerprint density at radius 2 is 0.857 bits per heavy atom. The van der Waals surface area contributed by atoms with Crippen LogP contribution in [0.5, 0.6) is 11.5 Å². The first-order valence-electron chi connectivity index (χ1n) is 6.86. The number of fused-ring (bicyclic) bond motifs is 4. The van der Waals surface area contributed by atoms with Crippen molar-refractivity contribution in [3.63, 3.8) is 0 Å². The van der Waals surface area contributed by atoms with E-state index in [1.807, 2.05) is 60.7 Å². The zero-order valence-corrected chi connectivity index (χ0v) is 12.2. The van der Waals surface area contributed by atoms with Crippen molar-refractivity contribution in [3.8, 4) is 11.5 Å². The van der Waals surface area contributed by atoms with Crippen LogP contribution < -0.4 is 19.7 Å². The molecule has 2 heterocycles. The molecule has 0 N–H and O–H groups in total. The van der Waals surface area contributed by atoms with Crippen LogP contribution in [0, 0.1) is 0 Å². The third-order valence-corrected chi connectivity index (χ3v) is 6.38. The predicted octanol–water partition coefficient (Wildman–Crippen LogP) is 3.96. The van der Waals surface area contributed by atoms with E-state index in [1.54, 1.807) is 0 Å². The Labute approximate surface area is 124 Å². The summed E-state index contributed by atoms with van der Waals surface area (Å²) in [7, 11) is -2.39. The second-order valence-corrected chi connectivity index (χ2v) is 7.38. The summed E-state index contributed by atoms with van der Waals surface area (Å²) >= 11 is 0. The summed E-state index contributed by atoms with van der Waals surface area (Å²) in [6, 6.07) is 28.3.